The predicted molar refractivity (Wildman–Crippen MR) is 121 cm³/mol. The number of aliphatic hydroxyl groups is 1. The van der Waals surface area contributed by atoms with Crippen LogP contribution in [0.5, 0.6) is 11.5 Å². The number of hydrogen-bond acceptors (Lipinski definition) is 6. The largest absolute Gasteiger partial charge is 0.507 e. The maximum absolute atomic E-state index is 13.1. The minimum atomic E-state index is -0.871. The lowest BCUT2D eigenvalue weighted by molar-refractivity contribution is -0.140. The maximum atomic E-state index is 13.1. The van der Waals surface area contributed by atoms with Crippen molar-refractivity contribution >= 4 is 29.1 Å². The fourth-order valence-electron chi connectivity index (χ4n) is 3.70. The van der Waals surface area contributed by atoms with Gasteiger partial charge in [-0.05, 0) is 38.1 Å². The van der Waals surface area contributed by atoms with E-state index in [4.69, 9.17) is 25.8 Å². The summed E-state index contributed by atoms with van der Waals surface area (Å²) in [7, 11) is 2.96. The highest BCUT2D eigenvalue weighted by Crippen LogP contribution is 2.44. The lowest BCUT2D eigenvalue weighted by Crippen LogP contribution is -2.33. The van der Waals surface area contributed by atoms with Gasteiger partial charge in [-0.2, -0.15) is 0 Å². The van der Waals surface area contributed by atoms with Crippen molar-refractivity contribution in [3.05, 3.63) is 64.2 Å². The molecule has 1 saturated heterocycles. The highest BCUT2D eigenvalue weighted by atomic mass is 35.5. The number of hydrogen-bond donors (Lipinski definition) is 1. The monoisotopic (exact) mass is 459 g/mol. The van der Waals surface area contributed by atoms with Crippen molar-refractivity contribution in [3.63, 3.8) is 0 Å². The van der Waals surface area contributed by atoms with E-state index in [9.17, 15) is 14.7 Å². The number of methoxy groups -OCH3 is 2. The average Bonchev–Trinajstić information content (AvgIpc) is 3.01. The lowest BCUT2D eigenvalue weighted by Gasteiger charge is -2.27. The summed E-state index contributed by atoms with van der Waals surface area (Å²) in [6.07, 6.45) is -0.134. The van der Waals surface area contributed by atoms with Crippen LogP contribution in [-0.2, 0) is 14.3 Å². The number of carbonyl (C=O) groups excluding carboxylic acids is 2. The number of carbonyl (C=O) groups is 2. The molecule has 3 rings (SSSR count). The number of ketones is 1. The first-order valence-electron chi connectivity index (χ1n) is 10.2. The Kier molecular flexibility index (Phi) is 7.43. The molecular weight excluding hydrogens is 434 g/mol. The third-order valence-corrected chi connectivity index (χ3v) is 5.30. The number of Topliss-reactive ketones (excluding diaryl/α,β-unsaturated/α-hetero) is 1. The zero-order valence-corrected chi connectivity index (χ0v) is 19.2. The smallest absolute Gasteiger partial charge is 0.295 e. The Morgan fingerprint density at radius 3 is 2.50 bits per heavy atom. The van der Waals surface area contributed by atoms with Crippen LogP contribution in [0.15, 0.2) is 48.0 Å². The number of likely N-dealkylation sites (tertiary alicyclic amines) is 1. The SMILES string of the molecule is COCCN1C(=O)C(=O)/C(=C(/O)c2cc(Cl)ccc2OC)C1c1ccccc1OC(C)C. The molecule has 2 aromatic rings. The third-order valence-electron chi connectivity index (χ3n) is 5.07. The zero-order chi connectivity index (χ0) is 23.4. The standard InChI is InChI=1S/C24H26ClNO6/c1-14(2)32-19-8-6-5-7-16(19)21-20(23(28)24(29)26(21)11-12-30-3)22(27)17-13-15(25)9-10-18(17)31-4/h5-10,13-14,21,27H,11-12H2,1-4H3/b22-20+. The van der Waals surface area contributed by atoms with Gasteiger partial charge in [0.15, 0.2) is 0 Å². The molecule has 1 heterocycles. The first-order valence-corrected chi connectivity index (χ1v) is 10.5. The number of para-hydroxylation sites is 1. The average molecular weight is 460 g/mol. The summed E-state index contributed by atoms with van der Waals surface area (Å²) in [5.74, 6) is -1.06. The first-order chi connectivity index (χ1) is 15.3. The van der Waals surface area contributed by atoms with E-state index in [-0.39, 0.29) is 36.2 Å². The van der Waals surface area contributed by atoms with Gasteiger partial charge in [0.25, 0.3) is 11.7 Å². The van der Waals surface area contributed by atoms with Crippen LogP contribution in [0.3, 0.4) is 0 Å². The molecule has 1 N–H and O–H groups in total. The number of ether oxygens (including phenoxy) is 3. The first kappa shape index (κ1) is 23.6. The number of halogens is 1. The van der Waals surface area contributed by atoms with Crippen LogP contribution in [0.2, 0.25) is 5.02 Å². The molecule has 0 aliphatic carbocycles. The summed E-state index contributed by atoms with van der Waals surface area (Å²) in [5.41, 5.74) is 0.738. The summed E-state index contributed by atoms with van der Waals surface area (Å²) in [6.45, 7) is 4.15. The van der Waals surface area contributed by atoms with Gasteiger partial charge in [0.05, 0.1) is 37.0 Å². The fourth-order valence-corrected chi connectivity index (χ4v) is 3.87. The van der Waals surface area contributed by atoms with Crippen LogP contribution in [0.25, 0.3) is 5.76 Å². The Balaban J connectivity index is 2.26. The Morgan fingerprint density at radius 2 is 1.84 bits per heavy atom. The molecule has 0 radical (unpaired) electrons. The van der Waals surface area contributed by atoms with Crippen LogP contribution in [-0.4, -0.2) is 55.2 Å². The molecule has 170 valence electrons. The maximum Gasteiger partial charge on any atom is 0.295 e. The molecule has 7 nitrogen and oxygen atoms in total. The van der Waals surface area contributed by atoms with Crippen LogP contribution in [0.1, 0.15) is 31.0 Å². The molecule has 8 heteroatoms. The molecule has 0 saturated carbocycles. The Morgan fingerprint density at radius 1 is 1.12 bits per heavy atom. The second-order valence-electron chi connectivity index (χ2n) is 7.53. The summed E-state index contributed by atoms with van der Waals surface area (Å²) in [6, 6.07) is 11.0. The number of benzene rings is 2. The van der Waals surface area contributed by atoms with E-state index < -0.39 is 17.7 Å². The quantitative estimate of drug-likeness (QED) is 0.361. The summed E-state index contributed by atoms with van der Waals surface area (Å²) < 4.78 is 16.4. The molecule has 1 unspecified atom stereocenters. The van der Waals surface area contributed by atoms with E-state index in [1.54, 1.807) is 30.3 Å². The van der Waals surface area contributed by atoms with E-state index in [0.29, 0.717) is 22.1 Å². The van der Waals surface area contributed by atoms with Gasteiger partial charge in [-0.15, -0.1) is 0 Å². The van der Waals surface area contributed by atoms with Gasteiger partial charge in [-0.1, -0.05) is 29.8 Å². The molecule has 1 amide bonds. The number of nitrogens with zero attached hydrogens (tertiary/aromatic N) is 1. The van der Waals surface area contributed by atoms with Crippen molar-refractivity contribution in [2.24, 2.45) is 0 Å². The van der Waals surface area contributed by atoms with Crippen molar-refractivity contribution in [1.82, 2.24) is 4.90 Å². The van der Waals surface area contributed by atoms with E-state index in [0.717, 1.165) is 0 Å². The highest BCUT2D eigenvalue weighted by molar-refractivity contribution is 6.46. The van der Waals surface area contributed by atoms with Crippen molar-refractivity contribution in [1.29, 1.82) is 0 Å². The van der Waals surface area contributed by atoms with Crippen LogP contribution >= 0.6 is 11.6 Å². The van der Waals surface area contributed by atoms with E-state index in [1.165, 1.54) is 25.2 Å². The molecule has 1 aliphatic rings. The summed E-state index contributed by atoms with van der Waals surface area (Å²) in [4.78, 5) is 27.5. The lowest BCUT2D eigenvalue weighted by atomic mass is 9.94. The number of aliphatic hydroxyl groups excluding tert-OH is 1. The molecule has 32 heavy (non-hydrogen) atoms. The van der Waals surface area contributed by atoms with Crippen molar-refractivity contribution in [2.75, 3.05) is 27.4 Å². The number of rotatable bonds is 8. The topological polar surface area (TPSA) is 85.3 Å². The van der Waals surface area contributed by atoms with Crippen molar-refractivity contribution in [3.8, 4) is 11.5 Å². The minimum Gasteiger partial charge on any atom is -0.507 e. The van der Waals surface area contributed by atoms with Gasteiger partial charge in [-0.25, -0.2) is 0 Å². The van der Waals surface area contributed by atoms with Crippen molar-refractivity contribution in [2.45, 2.75) is 26.0 Å². The molecule has 2 aromatic carbocycles. The molecule has 1 fully saturated rings. The van der Waals surface area contributed by atoms with Crippen LogP contribution in [0.4, 0.5) is 0 Å². The molecule has 0 aromatic heterocycles. The van der Waals surface area contributed by atoms with Gasteiger partial charge in [0.1, 0.15) is 17.3 Å². The van der Waals surface area contributed by atoms with E-state index in [1.807, 2.05) is 19.9 Å². The highest BCUT2D eigenvalue weighted by Gasteiger charge is 2.47. The zero-order valence-electron chi connectivity index (χ0n) is 18.4. The van der Waals surface area contributed by atoms with Crippen LogP contribution < -0.4 is 9.47 Å². The van der Waals surface area contributed by atoms with Gasteiger partial charge < -0.3 is 24.2 Å². The van der Waals surface area contributed by atoms with Crippen molar-refractivity contribution < 1.29 is 28.9 Å². The summed E-state index contributed by atoms with van der Waals surface area (Å²) >= 11 is 6.13. The second-order valence-corrected chi connectivity index (χ2v) is 7.97. The third kappa shape index (κ3) is 4.59. The van der Waals surface area contributed by atoms with Gasteiger partial charge in [0, 0.05) is 24.2 Å². The molecule has 0 spiro atoms. The number of amides is 1. The molecule has 0 bridgehead atoms. The fraction of sp³-hybridized carbons (Fsp3) is 0.333. The molecule has 1 atom stereocenters. The van der Waals surface area contributed by atoms with E-state index in [2.05, 4.69) is 0 Å². The van der Waals surface area contributed by atoms with Crippen LogP contribution in [0, 0.1) is 0 Å². The van der Waals surface area contributed by atoms with Gasteiger partial charge in [0.2, 0.25) is 0 Å². The normalized spacial score (nSPS) is 17.8. The molecule has 1 aliphatic heterocycles. The Hall–Kier alpha value is -3.03. The van der Waals surface area contributed by atoms with Gasteiger partial charge >= 0.3 is 0 Å². The minimum absolute atomic E-state index is 0.0634. The Labute approximate surface area is 192 Å². The predicted octanol–water partition coefficient (Wildman–Crippen LogP) is 4.20. The Bertz CT molecular complexity index is 1050. The molecular formula is C24H26ClNO6. The van der Waals surface area contributed by atoms with E-state index >= 15 is 0 Å². The summed E-state index contributed by atoms with van der Waals surface area (Å²) in [5, 5.41) is 11.6. The second kappa shape index (κ2) is 10.1. The van der Waals surface area contributed by atoms with Gasteiger partial charge in [-0.3, -0.25) is 9.59 Å².